The molecule has 4 heteroatoms. The first-order chi connectivity index (χ1) is 7.72. The van der Waals surface area contributed by atoms with Crippen molar-refractivity contribution in [3.8, 4) is 0 Å². The molecule has 0 aliphatic carbocycles. The van der Waals surface area contributed by atoms with Gasteiger partial charge in [0.2, 0.25) is 0 Å². The van der Waals surface area contributed by atoms with Crippen molar-refractivity contribution < 1.29 is 4.74 Å². The van der Waals surface area contributed by atoms with Crippen LogP contribution in [0.15, 0.2) is 24.3 Å². The number of methoxy groups -OCH3 is 1. The number of ether oxygens (including phenoxy) is 1. The summed E-state index contributed by atoms with van der Waals surface area (Å²) < 4.78 is 4.96. The molecule has 0 aromatic heterocycles. The van der Waals surface area contributed by atoms with Crippen molar-refractivity contribution in [1.82, 2.24) is 5.32 Å². The smallest absolute Gasteiger partial charge is 0.0626 e. The van der Waals surface area contributed by atoms with Crippen molar-refractivity contribution in [2.24, 2.45) is 0 Å². The van der Waals surface area contributed by atoms with E-state index >= 15 is 0 Å². The molecule has 16 heavy (non-hydrogen) atoms. The van der Waals surface area contributed by atoms with Crippen LogP contribution < -0.4 is 5.32 Å². The van der Waals surface area contributed by atoms with Gasteiger partial charge in [-0.25, -0.2) is 0 Å². The van der Waals surface area contributed by atoms with E-state index in [-0.39, 0.29) is 5.38 Å². The van der Waals surface area contributed by atoms with Crippen molar-refractivity contribution in [2.75, 3.05) is 20.3 Å². The minimum Gasteiger partial charge on any atom is -0.383 e. The topological polar surface area (TPSA) is 21.3 Å². The lowest BCUT2D eigenvalue weighted by molar-refractivity contribution is 0.195. The van der Waals surface area contributed by atoms with Gasteiger partial charge in [0.05, 0.1) is 12.0 Å². The molecule has 0 saturated carbocycles. The van der Waals surface area contributed by atoms with Crippen molar-refractivity contribution in [3.05, 3.63) is 34.9 Å². The van der Waals surface area contributed by atoms with Gasteiger partial charge in [0, 0.05) is 18.7 Å². The van der Waals surface area contributed by atoms with Gasteiger partial charge in [-0.15, -0.1) is 11.6 Å². The molecular formula is C12H17Cl2NO. The number of rotatable bonds is 7. The molecule has 1 unspecified atom stereocenters. The Kier molecular flexibility index (Phi) is 6.81. The van der Waals surface area contributed by atoms with Gasteiger partial charge < -0.3 is 10.1 Å². The normalized spacial score (nSPS) is 12.7. The molecule has 1 atom stereocenters. The van der Waals surface area contributed by atoms with Gasteiger partial charge in [0.15, 0.2) is 0 Å². The average Bonchev–Trinajstić information content (AvgIpc) is 2.27. The third kappa shape index (κ3) is 5.71. The van der Waals surface area contributed by atoms with E-state index in [1.165, 1.54) is 5.56 Å². The highest BCUT2D eigenvalue weighted by Crippen LogP contribution is 2.09. The van der Waals surface area contributed by atoms with Gasteiger partial charge >= 0.3 is 0 Å². The summed E-state index contributed by atoms with van der Waals surface area (Å²) in [4.78, 5) is 0. The second-order valence-electron chi connectivity index (χ2n) is 3.64. The monoisotopic (exact) mass is 261 g/mol. The van der Waals surface area contributed by atoms with E-state index in [0.717, 1.165) is 24.5 Å². The molecule has 0 spiro atoms. The fourth-order valence-corrected chi connectivity index (χ4v) is 1.72. The largest absolute Gasteiger partial charge is 0.383 e. The molecule has 1 aromatic rings. The van der Waals surface area contributed by atoms with Gasteiger partial charge in [0.25, 0.3) is 0 Å². The van der Waals surface area contributed by atoms with E-state index in [4.69, 9.17) is 27.9 Å². The molecule has 0 aliphatic rings. The molecule has 1 rings (SSSR count). The maximum absolute atomic E-state index is 6.00. The third-order valence-corrected chi connectivity index (χ3v) is 2.82. The van der Waals surface area contributed by atoms with Gasteiger partial charge in [-0.3, -0.25) is 0 Å². The van der Waals surface area contributed by atoms with E-state index in [9.17, 15) is 0 Å². The molecule has 2 nitrogen and oxygen atoms in total. The first-order valence-electron chi connectivity index (χ1n) is 5.30. The fraction of sp³-hybridized carbons (Fsp3) is 0.500. The summed E-state index contributed by atoms with van der Waals surface area (Å²) in [6, 6.07) is 7.83. The molecule has 0 aliphatic heterocycles. The average molecular weight is 262 g/mol. The molecule has 0 heterocycles. The highest BCUT2D eigenvalue weighted by molar-refractivity contribution is 6.30. The lowest BCUT2D eigenvalue weighted by Gasteiger charge is -2.09. The molecule has 0 radical (unpaired) electrons. The highest BCUT2D eigenvalue weighted by atomic mass is 35.5. The van der Waals surface area contributed by atoms with Crippen LogP contribution in [0.5, 0.6) is 0 Å². The number of nitrogens with one attached hydrogen (secondary N) is 1. The van der Waals surface area contributed by atoms with E-state index in [2.05, 4.69) is 5.32 Å². The molecule has 1 aromatic carbocycles. The van der Waals surface area contributed by atoms with E-state index < -0.39 is 0 Å². The zero-order chi connectivity index (χ0) is 11.8. The number of benzene rings is 1. The lowest BCUT2D eigenvalue weighted by Crippen LogP contribution is -2.20. The molecular weight excluding hydrogens is 245 g/mol. The summed E-state index contributed by atoms with van der Waals surface area (Å²) in [5.41, 5.74) is 1.22. The van der Waals surface area contributed by atoms with Crippen molar-refractivity contribution >= 4 is 23.2 Å². The fourth-order valence-electron chi connectivity index (χ4n) is 1.36. The Morgan fingerprint density at radius 3 is 2.62 bits per heavy atom. The van der Waals surface area contributed by atoms with Gasteiger partial charge in [-0.05, 0) is 30.7 Å². The van der Waals surface area contributed by atoms with Crippen LogP contribution in [0.3, 0.4) is 0 Å². The number of hydrogen-bond donors (Lipinski definition) is 1. The Hall–Kier alpha value is -0.280. The summed E-state index contributed by atoms with van der Waals surface area (Å²) in [6.45, 7) is 2.33. The number of halogens is 2. The Bertz CT molecular complexity index is 290. The minimum atomic E-state index is 0.0858. The summed E-state index contributed by atoms with van der Waals surface area (Å²) in [5, 5.41) is 4.18. The third-order valence-electron chi connectivity index (χ3n) is 2.22. The zero-order valence-corrected chi connectivity index (χ0v) is 10.9. The highest BCUT2D eigenvalue weighted by Gasteiger charge is 2.02. The van der Waals surface area contributed by atoms with Crippen LogP contribution in [0.25, 0.3) is 0 Å². The lowest BCUT2D eigenvalue weighted by atomic mass is 10.2. The molecule has 0 saturated heterocycles. The maximum Gasteiger partial charge on any atom is 0.0626 e. The van der Waals surface area contributed by atoms with Crippen LogP contribution in [0, 0.1) is 0 Å². The van der Waals surface area contributed by atoms with Gasteiger partial charge in [-0.2, -0.15) is 0 Å². The van der Waals surface area contributed by atoms with Crippen LogP contribution in [-0.2, 0) is 11.3 Å². The Labute approximate surface area is 107 Å². The number of hydrogen-bond acceptors (Lipinski definition) is 2. The predicted octanol–water partition coefficient (Wildman–Crippen LogP) is 3.07. The zero-order valence-electron chi connectivity index (χ0n) is 9.38. The Balaban J connectivity index is 2.13. The van der Waals surface area contributed by atoms with Crippen LogP contribution >= 0.6 is 23.2 Å². The molecule has 0 amide bonds. The van der Waals surface area contributed by atoms with Crippen molar-refractivity contribution in [3.63, 3.8) is 0 Å². The van der Waals surface area contributed by atoms with Crippen LogP contribution in [0.4, 0.5) is 0 Å². The van der Waals surface area contributed by atoms with Crippen molar-refractivity contribution in [1.29, 1.82) is 0 Å². The quantitative estimate of drug-likeness (QED) is 0.602. The van der Waals surface area contributed by atoms with E-state index in [1.807, 2.05) is 24.3 Å². The Morgan fingerprint density at radius 1 is 1.31 bits per heavy atom. The SMILES string of the molecule is COCC(Cl)CCNCc1ccc(Cl)cc1. The summed E-state index contributed by atoms with van der Waals surface area (Å²) in [5.74, 6) is 0. The van der Waals surface area contributed by atoms with Gasteiger partial charge in [0.1, 0.15) is 0 Å². The van der Waals surface area contributed by atoms with E-state index in [0.29, 0.717) is 6.61 Å². The molecule has 1 N–H and O–H groups in total. The first kappa shape index (κ1) is 13.8. The summed E-state index contributed by atoms with van der Waals surface area (Å²) in [7, 11) is 1.66. The molecule has 0 fully saturated rings. The number of alkyl halides is 1. The predicted molar refractivity (Wildman–Crippen MR) is 69.3 cm³/mol. The summed E-state index contributed by atoms with van der Waals surface area (Å²) in [6.07, 6.45) is 0.906. The van der Waals surface area contributed by atoms with Crippen molar-refractivity contribution in [2.45, 2.75) is 18.3 Å². The Morgan fingerprint density at radius 2 is 2.00 bits per heavy atom. The molecule has 90 valence electrons. The summed E-state index contributed by atoms with van der Waals surface area (Å²) >= 11 is 11.8. The van der Waals surface area contributed by atoms with Crippen LogP contribution in [0.1, 0.15) is 12.0 Å². The van der Waals surface area contributed by atoms with Crippen LogP contribution in [-0.4, -0.2) is 25.6 Å². The molecule has 0 bridgehead atoms. The van der Waals surface area contributed by atoms with Crippen LogP contribution in [0.2, 0.25) is 5.02 Å². The second-order valence-corrected chi connectivity index (χ2v) is 4.70. The standard InChI is InChI=1S/C12H17Cl2NO/c1-16-9-12(14)6-7-15-8-10-2-4-11(13)5-3-10/h2-5,12,15H,6-9H2,1H3. The maximum atomic E-state index is 6.00. The van der Waals surface area contributed by atoms with Gasteiger partial charge in [-0.1, -0.05) is 23.7 Å². The first-order valence-corrected chi connectivity index (χ1v) is 6.12. The van der Waals surface area contributed by atoms with E-state index in [1.54, 1.807) is 7.11 Å². The second kappa shape index (κ2) is 7.91. The minimum absolute atomic E-state index is 0.0858.